The van der Waals surface area contributed by atoms with Crippen LogP contribution in [0.2, 0.25) is 0 Å². The first-order valence-corrected chi connectivity index (χ1v) is 11.8. The fourth-order valence-corrected chi connectivity index (χ4v) is 3.74. The molecule has 28 heavy (non-hydrogen) atoms. The number of para-hydroxylation sites is 1. The van der Waals surface area contributed by atoms with Crippen LogP contribution in [0, 0.1) is 0 Å². The highest BCUT2D eigenvalue weighted by molar-refractivity contribution is 7.99. The first kappa shape index (κ1) is 22.1. The minimum absolute atomic E-state index is 0.219. The van der Waals surface area contributed by atoms with Gasteiger partial charge in [0, 0.05) is 11.9 Å². The molecular formula is C20H26N2O4S2. The third-order valence-corrected chi connectivity index (χ3v) is 6.25. The second kappa shape index (κ2) is 9.84. The molecule has 0 aliphatic rings. The molecule has 2 aromatic carbocycles. The highest BCUT2D eigenvalue weighted by Gasteiger charge is 2.20. The molecule has 0 aromatic heterocycles. The Hall–Kier alpha value is -2.19. The summed E-state index contributed by atoms with van der Waals surface area (Å²) >= 11 is 1.66. The van der Waals surface area contributed by atoms with E-state index in [1.807, 2.05) is 31.2 Å². The Kier molecular flexibility index (Phi) is 7.77. The van der Waals surface area contributed by atoms with E-state index >= 15 is 0 Å². The predicted octanol–water partition coefficient (Wildman–Crippen LogP) is 3.99. The maximum absolute atomic E-state index is 12.7. The van der Waals surface area contributed by atoms with E-state index in [4.69, 9.17) is 4.74 Å². The maximum atomic E-state index is 12.7. The summed E-state index contributed by atoms with van der Waals surface area (Å²) in [7, 11) is -1.84. The van der Waals surface area contributed by atoms with Gasteiger partial charge in [-0.1, -0.05) is 26.0 Å². The van der Waals surface area contributed by atoms with Gasteiger partial charge in [0.05, 0.1) is 17.6 Å². The van der Waals surface area contributed by atoms with Crippen molar-refractivity contribution in [2.75, 3.05) is 28.7 Å². The summed E-state index contributed by atoms with van der Waals surface area (Å²) < 4.78 is 30.2. The molecule has 0 aliphatic heterocycles. The molecule has 0 spiro atoms. The van der Waals surface area contributed by atoms with Gasteiger partial charge < -0.3 is 10.1 Å². The van der Waals surface area contributed by atoms with Gasteiger partial charge in [0.2, 0.25) is 10.0 Å². The normalized spacial score (nSPS) is 12.3. The quantitative estimate of drug-likeness (QED) is 0.619. The summed E-state index contributed by atoms with van der Waals surface area (Å²) in [5.41, 5.74) is 1.30. The second-order valence-electron chi connectivity index (χ2n) is 6.16. The number of rotatable bonds is 9. The van der Waals surface area contributed by atoms with E-state index in [1.54, 1.807) is 36.0 Å². The molecule has 152 valence electrons. The molecule has 0 saturated heterocycles. The molecule has 0 unspecified atom stereocenters. The number of amides is 1. The molecule has 0 saturated carbocycles. The van der Waals surface area contributed by atoms with E-state index in [1.165, 1.54) is 11.4 Å². The number of thioether (sulfide) groups is 1. The smallest absolute Gasteiger partial charge is 0.265 e. The Balaban J connectivity index is 2.08. The van der Waals surface area contributed by atoms with Crippen molar-refractivity contribution in [2.24, 2.45) is 0 Å². The highest BCUT2D eigenvalue weighted by Crippen LogP contribution is 2.27. The Morgan fingerprint density at radius 3 is 2.36 bits per heavy atom. The first-order valence-electron chi connectivity index (χ1n) is 8.99. The molecule has 6 nitrogen and oxygen atoms in total. The topological polar surface area (TPSA) is 75.7 Å². The van der Waals surface area contributed by atoms with E-state index in [-0.39, 0.29) is 5.91 Å². The number of ether oxygens (including phenoxy) is 1. The number of nitrogens with one attached hydrogen (secondary N) is 1. The molecular weight excluding hydrogens is 396 g/mol. The molecule has 0 heterocycles. The number of benzene rings is 2. The van der Waals surface area contributed by atoms with E-state index in [9.17, 15) is 13.2 Å². The number of sulfonamides is 1. The van der Waals surface area contributed by atoms with Crippen LogP contribution in [-0.2, 0) is 14.8 Å². The number of carbonyl (C=O) groups is 1. The molecule has 0 bridgehead atoms. The summed E-state index contributed by atoms with van der Waals surface area (Å²) in [5.74, 6) is 1.20. The van der Waals surface area contributed by atoms with Gasteiger partial charge in [0.25, 0.3) is 5.91 Å². The van der Waals surface area contributed by atoms with E-state index < -0.39 is 16.1 Å². The third kappa shape index (κ3) is 5.90. The van der Waals surface area contributed by atoms with Gasteiger partial charge in [-0.25, -0.2) is 8.42 Å². The highest BCUT2D eigenvalue weighted by atomic mass is 32.2. The fraction of sp³-hybridized carbons (Fsp3) is 0.350. The number of anilines is 2. The van der Waals surface area contributed by atoms with Gasteiger partial charge in [0.15, 0.2) is 6.10 Å². The lowest BCUT2D eigenvalue weighted by Gasteiger charge is -2.20. The Morgan fingerprint density at radius 2 is 1.79 bits per heavy atom. The largest absolute Gasteiger partial charge is 0.481 e. The summed E-state index contributed by atoms with van der Waals surface area (Å²) in [4.78, 5) is 13.7. The van der Waals surface area contributed by atoms with Crippen molar-refractivity contribution in [3.63, 3.8) is 0 Å². The van der Waals surface area contributed by atoms with Gasteiger partial charge in [0.1, 0.15) is 5.75 Å². The molecule has 2 rings (SSSR count). The van der Waals surface area contributed by atoms with Crippen LogP contribution in [0.1, 0.15) is 20.3 Å². The molecule has 8 heteroatoms. The molecule has 2 aromatic rings. The number of carbonyl (C=O) groups excluding carboxylic acids is 1. The monoisotopic (exact) mass is 422 g/mol. The van der Waals surface area contributed by atoms with Crippen LogP contribution < -0.4 is 14.4 Å². The van der Waals surface area contributed by atoms with Crippen LogP contribution in [0.5, 0.6) is 5.75 Å². The van der Waals surface area contributed by atoms with Gasteiger partial charge in [-0.2, -0.15) is 0 Å². The van der Waals surface area contributed by atoms with E-state index in [0.29, 0.717) is 17.9 Å². The molecule has 1 atom stereocenters. The van der Waals surface area contributed by atoms with Crippen LogP contribution in [-0.4, -0.2) is 39.5 Å². The van der Waals surface area contributed by atoms with Crippen molar-refractivity contribution in [1.82, 2.24) is 0 Å². The molecule has 1 amide bonds. The summed E-state index contributed by atoms with van der Waals surface area (Å²) in [6, 6.07) is 14.3. The average molecular weight is 423 g/mol. The van der Waals surface area contributed by atoms with Crippen molar-refractivity contribution in [2.45, 2.75) is 31.3 Å². The molecule has 0 radical (unpaired) electrons. The van der Waals surface area contributed by atoms with Gasteiger partial charge in [-0.05, 0) is 48.6 Å². The lowest BCUT2D eigenvalue weighted by Crippen LogP contribution is -2.32. The first-order chi connectivity index (χ1) is 13.3. The van der Waals surface area contributed by atoms with Gasteiger partial charge >= 0.3 is 0 Å². The summed E-state index contributed by atoms with van der Waals surface area (Å²) in [6.07, 6.45) is 0.988. The fourth-order valence-electron chi connectivity index (χ4n) is 2.48. The molecule has 1 N–H and O–H groups in total. The molecule has 0 aliphatic carbocycles. The van der Waals surface area contributed by atoms with Crippen LogP contribution in [0.3, 0.4) is 0 Å². The minimum Gasteiger partial charge on any atom is -0.481 e. The summed E-state index contributed by atoms with van der Waals surface area (Å²) in [6.45, 7) is 3.94. The Morgan fingerprint density at radius 1 is 1.14 bits per heavy atom. The molecule has 0 fully saturated rings. The van der Waals surface area contributed by atoms with Crippen molar-refractivity contribution in [3.05, 3.63) is 48.5 Å². The van der Waals surface area contributed by atoms with Crippen molar-refractivity contribution >= 4 is 39.1 Å². The summed E-state index contributed by atoms with van der Waals surface area (Å²) in [5, 5.41) is 2.94. The van der Waals surface area contributed by atoms with E-state index in [2.05, 4.69) is 12.2 Å². The van der Waals surface area contributed by atoms with Crippen LogP contribution >= 0.6 is 11.8 Å². The van der Waals surface area contributed by atoms with Gasteiger partial charge in [-0.3, -0.25) is 9.10 Å². The number of hydrogen-bond acceptors (Lipinski definition) is 5. The maximum Gasteiger partial charge on any atom is 0.265 e. The van der Waals surface area contributed by atoms with Crippen molar-refractivity contribution in [1.29, 1.82) is 0 Å². The van der Waals surface area contributed by atoms with Crippen molar-refractivity contribution < 1.29 is 17.9 Å². The average Bonchev–Trinajstić information content (AvgIpc) is 2.67. The van der Waals surface area contributed by atoms with Gasteiger partial charge in [-0.15, -0.1) is 11.8 Å². The SMILES string of the molecule is CCSc1ccccc1NC(=O)[C@@H](CC)Oc1ccc(N(C)S(C)(=O)=O)cc1. The zero-order valence-corrected chi connectivity index (χ0v) is 18.1. The standard InChI is InChI=1S/C20H26N2O4S2/c1-5-18(20(23)21-17-9-7-8-10-19(17)27-6-2)26-16-13-11-15(12-14-16)22(3)28(4,24)25/h7-14,18H,5-6H2,1-4H3,(H,21,23)/t18-/m1/s1. The zero-order valence-electron chi connectivity index (χ0n) is 16.5. The lowest BCUT2D eigenvalue weighted by molar-refractivity contribution is -0.122. The number of nitrogens with zero attached hydrogens (tertiary/aromatic N) is 1. The minimum atomic E-state index is -3.33. The van der Waals surface area contributed by atoms with Crippen LogP contribution in [0.15, 0.2) is 53.4 Å². The predicted molar refractivity (Wildman–Crippen MR) is 116 cm³/mol. The lowest BCUT2D eigenvalue weighted by atomic mass is 10.2. The van der Waals surface area contributed by atoms with E-state index in [0.717, 1.165) is 22.6 Å². The second-order valence-corrected chi connectivity index (χ2v) is 9.48. The third-order valence-electron chi connectivity index (χ3n) is 4.08. The van der Waals surface area contributed by atoms with Crippen LogP contribution in [0.25, 0.3) is 0 Å². The van der Waals surface area contributed by atoms with Crippen LogP contribution in [0.4, 0.5) is 11.4 Å². The van der Waals surface area contributed by atoms with Crippen molar-refractivity contribution in [3.8, 4) is 5.75 Å². The Bertz CT molecular complexity index is 899. The number of hydrogen-bond donors (Lipinski definition) is 1. The Labute approximate surface area is 171 Å². The zero-order chi connectivity index (χ0) is 20.7.